The van der Waals surface area contributed by atoms with Gasteiger partial charge in [-0.1, -0.05) is 0 Å². The molecule has 0 aliphatic carbocycles. The number of alkyl halides is 1. The number of halogens is 1. The standard InChI is InChI=1S/C14H17BrN2O8/c1-5-4-17(14(22)16-12(5)21)13-8(20)9(23-6(2)18)10(25-13)11(15)24-7(3)19/h4,8-11,13,20H,1-3H3,(H,16,21,22)/t8-,9+,10+,11?,13-/m1/s1. The Morgan fingerprint density at radius 1 is 1.36 bits per heavy atom. The molecule has 2 rings (SSSR count). The summed E-state index contributed by atoms with van der Waals surface area (Å²) >= 11 is 3.09. The van der Waals surface area contributed by atoms with Crippen molar-refractivity contribution in [2.75, 3.05) is 0 Å². The van der Waals surface area contributed by atoms with Crippen LogP contribution in [0, 0.1) is 6.92 Å². The first-order valence-electron chi connectivity index (χ1n) is 7.26. The molecular formula is C14H17BrN2O8. The number of aromatic nitrogens is 2. The van der Waals surface area contributed by atoms with Gasteiger partial charge in [-0.2, -0.15) is 0 Å². The fourth-order valence-corrected chi connectivity index (χ4v) is 3.13. The molecule has 0 bridgehead atoms. The van der Waals surface area contributed by atoms with E-state index in [-0.39, 0.29) is 5.56 Å². The van der Waals surface area contributed by atoms with Crippen molar-refractivity contribution >= 4 is 27.9 Å². The van der Waals surface area contributed by atoms with Crippen molar-refractivity contribution in [3.8, 4) is 0 Å². The maximum absolute atomic E-state index is 12.0. The number of nitrogens with one attached hydrogen (secondary N) is 1. The van der Waals surface area contributed by atoms with Crippen molar-refractivity contribution in [2.45, 2.75) is 50.3 Å². The number of nitrogens with zero attached hydrogens (tertiary/aromatic N) is 1. The summed E-state index contributed by atoms with van der Waals surface area (Å²) in [5, 5.41) is 9.44. The highest BCUT2D eigenvalue weighted by molar-refractivity contribution is 9.09. The molecule has 2 N–H and O–H groups in total. The summed E-state index contributed by atoms with van der Waals surface area (Å²) in [6.07, 6.45) is -3.75. The van der Waals surface area contributed by atoms with Crippen molar-refractivity contribution < 1.29 is 28.9 Å². The lowest BCUT2D eigenvalue weighted by Gasteiger charge is -2.23. The van der Waals surface area contributed by atoms with Gasteiger partial charge >= 0.3 is 17.6 Å². The van der Waals surface area contributed by atoms with E-state index in [4.69, 9.17) is 14.2 Å². The number of ether oxygens (including phenoxy) is 3. The molecule has 2 heterocycles. The third kappa shape index (κ3) is 4.17. The number of aromatic amines is 1. The molecule has 1 saturated heterocycles. The predicted molar refractivity (Wildman–Crippen MR) is 86.0 cm³/mol. The van der Waals surface area contributed by atoms with E-state index in [0.29, 0.717) is 0 Å². The smallest absolute Gasteiger partial charge is 0.330 e. The van der Waals surface area contributed by atoms with E-state index >= 15 is 0 Å². The Morgan fingerprint density at radius 3 is 2.56 bits per heavy atom. The van der Waals surface area contributed by atoms with Crippen molar-refractivity contribution in [3.63, 3.8) is 0 Å². The van der Waals surface area contributed by atoms with Gasteiger partial charge in [0.15, 0.2) is 17.3 Å². The van der Waals surface area contributed by atoms with Crippen LogP contribution in [-0.2, 0) is 23.8 Å². The molecule has 25 heavy (non-hydrogen) atoms. The minimum Gasteiger partial charge on any atom is -0.457 e. The number of carbonyl (C=O) groups is 2. The maximum atomic E-state index is 12.0. The number of aliphatic hydroxyl groups is 1. The molecule has 5 atom stereocenters. The average Bonchev–Trinajstić information content (AvgIpc) is 2.79. The van der Waals surface area contributed by atoms with Gasteiger partial charge in [0.25, 0.3) is 5.56 Å². The van der Waals surface area contributed by atoms with Gasteiger partial charge in [-0.25, -0.2) is 4.79 Å². The predicted octanol–water partition coefficient (Wildman–Crippen LogP) is -0.681. The van der Waals surface area contributed by atoms with E-state index in [9.17, 15) is 24.3 Å². The second kappa shape index (κ2) is 7.50. The number of carbonyl (C=O) groups excluding carboxylic acids is 2. The van der Waals surface area contributed by atoms with Gasteiger partial charge < -0.3 is 19.3 Å². The highest BCUT2D eigenvalue weighted by Crippen LogP contribution is 2.35. The van der Waals surface area contributed by atoms with Gasteiger partial charge in [-0.3, -0.25) is 23.9 Å². The van der Waals surface area contributed by atoms with Gasteiger partial charge in [0, 0.05) is 25.6 Å². The Labute approximate surface area is 149 Å². The van der Waals surface area contributed by atoms with Crippen molar-refractivity contribution in [1.82, 2.24) is 9.55 Å². The van der Waals surface area contributed by atoms with Gasteiger partial charge in [-0.05, 0) is 22.9 Å². The minimum absolute atomic E-state index is 0.221. The molecule has 0 spiro atoms. The lowest BCUT2D eigenvalue weighted by molar-refractivity contribution is -0.159. The number of hydrogen-bond acceptors (Lipinski definition) is 8. The zero-order valence-corrected chi connectivity index (χ0v) is 15.2. The zero-order valence-electron chi connectivity index (χ0n) is 13.6. The molecule has 0 amide bonds. The maximum Gasteiger partial charge on any atom is 0.330 e. The van der Waals surface area contributed by atoms with E-state index < -0.39 is 52.7 Å². The van der Waals surface area contributed by atoms with Gasteiger partial charge in [0.1, 0.15) is 12.2 Å². The second-order valence-corrected chi connectivity index (χ2v) is 6.40. The van der Waals surface area contributed by atoms with Crippen molar-refractivity contribution in [3.05, 3.63) is 32.6 Å². The lowest BCUT2D eigenvalue weighted by Crippen LogP contribution is -2.42. The molecule has 0 radical (unpaired) electrons. The van der Waals surface area contributed by atoms with Crippen LogP contribution in [0.2, 0.25) is 0 Å². The van der Waals surface area contributed by atoms with Crippen LogP contribution in [-0.4, -0.2) is 49.9 Å². The third-order valence-electron chi connectivity index (χ3n) is 3.51. The van der Waals surface area contributed by atoms with Gasteiger partial charge in [0.05, 0.1) is 0 Å². The molecule has 1 aromatic rings. The van der Waals surface area contributed by atoms with Gasteiger partial charge in [-0.15, -0.1) is 0 Å². The van der Waals surface area contributed by atoms with Crippen LogP contribution in [0.3, 0.4) is 0 Å². The average molecular weight is 421 g/mol. The molecule has 1 aliphatic rings. The summed E-state index contributed by atoms with van der Waals surface area (Å²) in [4.78, 5) is 48.0. The second-order valence-electron chi connectivity index (χ2n) is 5.50. The normalized spacial score (nSPS) is 26.9. The first-order valence-corrected chi connectivity index (χ1v) is 8.17. The summed E-state index contributed by atoms with van der Waals surface area (Å²) in [5.74, 6) is -1.31. The largest absolute Gasteiger partial charge is 0.457 e. The number of aryl methyl sites for hydroxylation is 1. The number of hydrogen-bond donors (Lipinski definition) is 2. The fraction of sp³-hybridized carbons (Fsp3) is 0.571. The highest BCUT2D eigenvalue weighted by Gasteiger charge is 2.51. The van der Waals surface area contributed by atoms with Crippen LogP contribution < -0.4 is 11.2 Å². The summed E-state index contributed by atoms with van der Waals surface area (Å²) in [6, 6.07) is 0. The number of H-pyrrole nitrogens is 1. The number of rotatable bonds is 4. The van der Waals surface area contributed by atoms with Crippen molar-refractivity contribution in [2.24, 2.45) is 0 Å². The molecule has 11 heteroatoms. The van der Waals surface area contributed by atoms with E-state index in [2.05, 4.69) is 20.9 Å². The summed E-state index contributed by atoms with van der Waals surface area (Å²) in [6.45, 7) is 3.79. The minimum atomic E-state index is -1.44. The van der Waals surface area contributed by atoms with E-state index in [1.807, 2.05) is 0 Å². The zero-order chi connectivity index (χ0) is 18.9. The van der Waals surface area contributed by atoms with Crippen LogP contribution in [0.1, 0.15) is 25.6 Å². The summed E-state index contributed by atoms with van der Waals surface area (Å²) in [5.41, 5.74) is -1.15. The van der Waals surface area contributed by atoms with Crippen molar-refractivity contribution in [1.29, 1.82) is 0 Å². The Morgan fingerprint density at radius 2 is 2.00 bits per heavy atom. The third-order valence-corrected chi connectivity index (χ3v) is 4.22. The molecule has 0 aromatic carbocycles. The number of esters is 2. The highest BCUT2D eigenvalue weighted by atomic mass is 79.9. The summed E-state index contributed by atoms with van der Waals surface area (Å²) in [7, 11) is 0. The molecule has 0 saturated carbocycles. The molecule has 1 fully saturated rings. The topological polar surface area (TPSA) is 137 Å². The van der Waals surface area contributed by atoms with Crippen LogP contribution in [0.5, 0.6) is 0 Å². The van der Waals surface area contributed by atoms with Crippen LogP contribution in [0.25, 0.3) is 0 Å². The monoisotopic (exact) mass is 420 g/mol. The Balaban J connectivity index is 2.39. The van der Waals surface area contributed by atoms with E-state index in [0.717, 1.165) is 11.5 Å². The first kappa shape index (κ1) is 19.3. The molecule has 138 valence electrons. The molecule has 10 nitrogen and oxygen atoms in total. The van der Waals surface area contributed by atoms with Crippen LogP contribution >= 0.6 is 15.9 Å². The summed E-state index contributed by atoms with van der Waals surface area (Å²) < 4.78 is 16.6. The molecule has 1 aliphatic heterocycles. The SMILES string of the molecule is CC(=O)OC(Br)[C@H]1O[C@@H](n2cc(C)c(=O)[nH]c2=O)[C@H](O)[C@@H]1OC(C)=O. The molecular weight excluding hydrogens is 404 g/mol. The Kier molecular flexibility index (Phi) is 5.80. The Bertz CT molecular complexity index is 788. The van der Waals surface area contributed by atoms with Crippen LogP contribution in [0.15, 0.2) is 15.8 Å². The van der Waals surface area contributed by atoms with E-state index in [1.165, 1.54) is 20.0 Å². The van der Waals surface area contributed by atoms with Crippen LogP contribution in [0.4, 0.5) is 0 Å². The quantitative estimate of drug-likeness (QED) is 0.482. The lowest BCUT2D eigenvalue weighted by atomic mass is 10.1. The van der Waals surface area contributed by atoms with E-state index in [1.54, 1.807) is 0 Å². The first-order chi connectivity index (χ1) is 11.6. The Hall–Kier alpha value is -1.98. The fourth-order valence-electron chi connectivity index (χ4n) is 2.45. The number of aliphatic hydroxyl groups excluding tert-OH is 1. The molecule has 1 aromatic heterocycles. The van der Waals surface area contributed by atoms with Gasteiger partial charge in [0.2, 0.25) is 0 Å². The molecule has 1 unspecified atom stereocenters.